The van der Waals surface area contributed by atoms with Gasteiger partial charge in [0.05, 0.1) is 5.56 Å². The number of aromatic nitrogens is 3. The van der Waals surface area contributed by atoms with E-state index in [1.807, 2.05) is 6.92 Å². The highest BCUT2D eigenvalue weighted by atomic mass is 19.4. The van der Waals surface area contributed by atoms with Crippen molar-refractivity contribution in [3.8, 4) is 0 Å². The number of halogens is 3. The molecule has 0 saturated heterocycles. The van der Waals surface area contributed by atoms with Gasteiger partial charge in [-0.3, -0.25) is 4.68 Å². The molecule has 0 radical (unpaired) electrons. The molecule has 1 unspecified atom stereocenters. The molecule has 2 rings (SSSR count). The summed E-state index contributed by atoms with van der Waals surface area (Å²) in [6.07, 6.45) is -2.40. The van der Waals surface area contributed by atoms with E-state index in [-0.39, 0.29) is 6.04 Å². The molecule has 1 N–H and O–H groups in total. The average molecular weight is 298 g/mol. The average Bonchev–Trinajstić information content (AvgIpc) is 2.91. The van der Waals surface area contributed by atoms with Gasteiger partial charge in [-0.1, -0.05) is 12.1 Å². The third kappa shape index (κ3) is 3.60. The summed E-state index contributed by atoms with van der Waals surface area (Å²) in [4.78, 5) is 4.16. The number of hydrogen-bond donors (Lipinski definition) is 1. The van der Waals surface area contributed by atoms with Crippen LogP contribution in [0.25, 0.3) is 0 Å². The number of nitrogens with one attached hydrogen (secondary N) is 1. The van der Waals surface area contributed by atoms with E-state index in [1.165, 1.54) is 18.5 Å². The number of nitrogens with zero attached hydrogens (tertiary/aromatic N) is 3. The van der Waals surface area contributed by atoms with Crippen molar-refractivity contribution in [2.75, 3.05) is 7.05 Å². The lowest BCUT2D eigenvalue weighted by Gasteiger charge is -2.18. The molecule has 0 amide bonds. The highest BCUT2D eigenvalue weighted by Crippen LogP contribution is 2.31. The molecule has 0 fully saturated rings. The number of likely N-dealkylation sites (N-methyl/N-ethyl adjacent to an activating group) is 1. The first-order chi connectivity index (χ1) is 9.95. The van der Waals surface area contributed by atoms with Crippen molar-refractivity contribution < 1.29 is 13.2 Å². The van der Waals surface area contributed by atoms with Crippen LogP contribution >= 0.6 is 0 Å². The summed E-state index contributed by atoms with van der Waals surface area (Å²) in [6.45, 7) is 2.62. The third-order valence-electron chi connectivity index (χ3n) is 3.35. The smallest absolute Gasteiger partial charge is 0.313 e. The van der Waals surface area contributed by atoms with Gasteiger partial charge in [0.15, 0.2) is 0 Å². The minimum absolute atomic E-state index is 0.248. The van der Waals surface area contributed by atoms with Crippen LogP contribution in [0, 0.1) is 0 Å². The topological polar surface area (TPSA) is 42.7 Å². The SMILES string of the molecule is CCn1ncnc1CC(NC)c1cccc(C(F)(F)F)c1. The van der Waals surface area contributed by atoms with Gasteiger partial charge in [0.1, 0.15) is 12.2 Å². The van der Waals surface area contributed by atoms with Gasteiger partial charge in [-0.05, 0) is 31.7 Å². The predicted molar refractivity (Wildman–Crippen MR) is 72.6 cm³/mol. The Morgan fingerprint density at radius 1 is 1.33 bits per heavy atom. The van der Waals surface area contributed by atoms with Crippen molar-refractivity contribution in [1.82, 2.24) is 20.1 Å². The zero-order chi connectivity index (χ0) is 15.5. The molecule has 0 bridgehead atoms. The van der Waals surface area contributed by atoms with Crippen molar-refractivity contribution in [1.29, 1.82) is 0 Å². The lowest BCUT2D eigenvalue weighted by molar-refractivity contribution is -0.137. The van der Waals surface area contributed by atoms with Crippen LogP contribution in [0.15, 0.2) is 30.6 Å². The van der Waals surface area contributed by atoms with Crippen LogP contribution in [-0.4, -0.2) is 21.8 Å². The lowest BCUT2D eigenvalue weighted by Crippen LogP contribution is -2.21. The Bertz CT molecular complexity index is 592. The van der Waals surface area contributed by atoms with E-state index in [0.717, 1.165) is 11.9 Å². The fourth-order valence-corrected chi connectivity index (χ4v) is 2.21. The highest BCUT2D eigenvalue weighted by molar-refractivity contribution is 5.28. The second-order valence-corrected chi connectivity index (χ2v) is 4.66. The molecule has 114 valence electrons. The van der Waals surface area contributed by atoms with E-state index >= 15 is 0 Å². The van der Waals surface area contributed by atoms with Crippen LogP contribution < -0.4 is 5.32 Å². The van der Waals surface area contributed by atoms with Gasteiger partial charge in [-0.25, -0.2) is 4.98 Å². The van der Waals surface area contributed by atoms with Gasteiger partial charge in [0.25, 0.3) is 0 Å². The monoisotopic (exact) mass is 298 g/mol. The summed E-state index contributed by atoms with van der Waals surface area (Å²) in [5, 5.41) is 7.11. The van der Waals surface area contributed by atoms with Crippen LogP contribution in [0.4, 0.5) is 13.2 Å². The van der Waals surface area contributed by atoms with Crippen molar-refractivity contribution in [2.45, 2.75) is 32.1 Å². The molecule has 1 heterocycles. The third-order valence-corrected chi connectivity index (χ3v) is 3.35. The Morgan fingerprint density at radius 2 is 2.10 bits per heavy atom. The van der Waals surface area contributed by atoms with Gasteiger partial charge in [-0.2, -0.15) is 18.3 Å². The number of alkyl halides is 3. The van der Waals surface area contributed by atoms with Crippen molar-refractivity contribution >= 4 is 0 Å². The van der Waals surface area contributed by atoms with Crippen LogP contribution in [0.1, 0.15) is 29.9 Å². The van der Waals surface area contributed by atoms with E-state index in [1.54, 1.807) is 17.8 Å². The summed E-state index contributed by atoms with van der Waals surface area (Å²) in [5.74, 6) is 0.745. The van der Waals surface area contributed by atoms with Crippen LogP contribution in [0.5, 0.6) is 0 Å². The van der Waals surface area contributed by atoms with E-state index < -0.39 is 11.7 Å². The van der Waals surface area contributed by atoms with Crippen LogP contribution in [0.3, 0.4) is 0 Å². The summed E-state index contributed by atoms with van der Waals surface area (Å²) < 4.78 is 40.1. The zero-order valence-corrected chi connectivity index (χ0v) is 11.9. The number of aryl methyl sites for hydroxylation is 1. The molecule has 7 heteroatoms. The van der Waals surface area contributed by atoms with Crippen molar-refractivity contribution in [2.24, 2.45) is 0 Å². The first kappa shape index (κ1) is 15.5. The number of benzene rings is 1. The lowest BCUT2D eigenvalue weighted by atomic mass is 10.0. The van der Waals surface area contributed by atoms with E-state index in [4.69, 9.17) is 0 Å². The fourth-order valence-electron chi connectivity index (χ4n) is 2.21. The van der Waals surface area contributed by atoms with Crippen LogP contribution in [0.2, 0.25) is 0 Å². The Kier molecular flexibility index (Phi) is 4.62. The van der Waals surface area contributed by atoms with Gasteiger partial charge in [-0.15, -0.1) is 0 Å². The Morgan fingerprint density at radius 3 is 2.71 bits per heavy atom. The molecule has 0 spiro atoms. The predicted octanol–water partition coefficient (Wildman–Crippen LogP) is 2.82. The van der Waals surface area contributed by atoms with Crippen LogP contribution in [-0.2, 0) is 19.1 Å². The van der Waals surface area contributed by atoms with Gasteiger partial charge in [0, 0.05) is 19.0 Å². The molecule has 1 aromatic carbocycles. The fraction of sp³-hybridized carbons (Fsp3) is 0.429. The summed E-state index contributed by atoms with van der Waals surface area (Å²) in [7, 11) is 1.72. The largest absolute Gasteiger partial charge is 0.416 e. The summed E-state index contributed by atoms with van der Waals surface area (Å²) >= 11 is 0. The molecule has 1 atom stereocenters. The van der Waals surface area contributed by atoms with Gasteiger partial charge < -0.3 is 5.32 Å². The quantitative estimate of drug-likeness (QED) is 0.923. The molecule has 0 aliphatic rings. The summed E-state index contributed by atoms with van der Waals surface area (Å²) in [6, 6.07) is 5.11. The standard InChI is InChI=1S/C14H17F3N4/c1-3-21-13(19-9-20-21)8-12(18-2)10-5-4-6-11(7-10)14(15,16)17/h4-7,9,12,18H,3,8H2,1-2H3. The van der Waals surface area contributed by atoms with Crippen molar-refractivity contribution in [3.63, 3.8) is 0 Å². The maximum absolute atomic E-state index is 12.8. The van der Waals surface area contributed by atoms with E-state index in [9.17, 15) is 13.2 Å². The molecule has 0 aliphatic heterocycles. The normalized spacial score (nSPS) is 13.4. The molecule has 0 aliphatic carbocycles. The van der Waals surface area contributed by atoms with Gasteiger partial charge >= 0.3 is 6.18 Å². The summed E-state index contributed by atoms with van der Waals surface area (Å²) in [5.41, 5.74) is -0.0600. The van der Waals surface area contributed by atoms with Gasteiger partial charge in [0.2, 0.25) is 0 Å². The first-order valence-corrected chi connectivity index (χ1v) is 6.66. The maximum atomic E-state index is 12.8. The Balaban J connectivity index is 2.25. The second-order valence-electron chi connectivity index (χ2n) is 4.66. The second kappa shape index (κ2) is 6.26. The van der Waals surface area contributed by atoms with Crippen molar-refractivity contribution in [3.05, 3.63) is 47.5 Å². The molecule has 21 heavy (non-hydrogen) atoms. The molecule has 2 aromatic rings. The molecule has 4 nitrogen and oxygen atoms in total. The molecular weight excluding hydrogens is 281 g/mol. The molecule has 1 aromatic heterocycles. The minimum atomic E-state index is -4.34. The highest BCUT2D eigenvalue weighted by Gasteiger charge is 2.31. The minimum Gasteiger partial charge on any atom is -0.313 e. The van der Waals surface area contributed by atoms with E-state index in [2.05, 4.69) is 15.4 Å². The first-order valence-electron chi connectivity index (χ1n) is 6.66. The zero-order valence-electron chi connectivity index (χ0n) is 11.9. The Labute approximate surface area is 121 Å². The Hall–Kier alpha value is -1.89. The molecular formula is C14H17F3N4. The number of rotatable bonds is 5. The maximum Gasteiger partial charge on any atom is 0.416 e. The van der Waals surface area contributed by atoms with E-state index in [0.29, 0.717) is 18.5 Å². The number of hydrogen-bond acceptors (Lipinski definition) is 3. The molecule has 0 saturated carbocycles.